The van der Waals surface area contributed by atoms with Gasteiger partial charge in [0.15, 0.2) is 17.3 Å². The summed E-state index contributed by atoms with van der Waals surface area (Å²) in [5.74, 6) is 0.732. The summed E-state index contributed by atoms with van der Waals surface area (Å²) < 4.78 is 24.3. The molecular weight excluding hydrogens is 237 g/mol. The van der Waals surface area contributed by atoms with Crippen molar-refractivity contribution in [2.45, 2.75) is 13.1 Å². The number of alkyl halides is 1. The van der Waals surface area contributed by atoms with Crippen molar-refractivity contribution in [3.05, 3.63) is 23.3 Å². The molecule has 2 rings (SSSR count). The van der Waals surface area contributed by atoms with Crippen molar-refractivity contribution in [1.82, 2.24) is 5.32 Å². The zero-order valence-corrected chi connectivity index (χ0v) is 10.5. The van der Waals surface area contributed by atoms with Crippen LogP contribution in [0.2, 0.25) is 0 Å². The molecule has 4 nitrogen and oxygen atoms in total. The van der Waals surface area contributed by atoms with Gasteiger partial charge in [0.1, 0.15) is 19.4 Å². The molecule has 0 spiro atoms. The van der Waals surface area contributed by atoms with Crippen molar-refractivity contribution >= 4 is 5.78 Å². The fourth-order valence-electron chi connectivity index (χ4n) is 1.87. The second kappa shape index (κ2) is 5.35. The molecule has 1 N–H and O–H groups in total. The zero-order valence-electron chi connectivity index (χ0n) is 10.5. The summed E-state index contributed by atoms with van der Waals surface area (Å²) in [6, 6.07) is 3.13. The van der Waals surface area contributed by atoms with E-state index in [1.54, 1.807) is 13.1 Å². The van der Waals surface area contributed by atoms with E-state index in [9.17, 15) is 9.18 Å². The Morgan fingerprint density at radius 3 is 2.83 bits per heavy atom. The van der Waals surface area contributed by atoms with E-state index < -0.39 is 6.17 Å². The molecule has 0 saturated carbocycles. The van der Waals surface area contributed by atoms with Crippen molar-refractivity contribution in [2.75, 3.05) is 26.8 Å². The summed E-state index contributed by atoms with van der Waals surface area (Å²) in [7, 11) is 1.68. The van der Waals surface area contributed by atoms with Crippen LogP contribution < -0.4 is 14.8 Å². The molecule has 0 bridgehead atoms. The van der Waals surface area contributed by atoms with Gasteiger partial charge in [-0.2, -0.15) is 0 Å². The minimum atomic E-state index is -1.15. The molecule has 1 aromatic carbocycles. The lowest BCUT2D eigenvalue weighted by Crippen LogP contribution is -2.22. The number of fused-ring (bicyclic) bond motifs is 1. The normalized spacial score (nSPS) is 15.3. The molecule has 18 heavy (non-hydrogen) atoms. The van der Waals surface area contributed by atoms with Gasteiger partial charge in [-0.1, -0.05) is 0 Å². The third kappa shape index (κ3) is 2.46. The Morgan fingerprint density at radius 1 is 1.44 bits per heavy atom. The van der Waals surface area contributed by atoms with Crippen LogP contribution in [0, 0.1) is 0 Å². The topological polar surface area (TPSA) is 47.6 Å². The van der Waals surface area contributed by atoms with Crippen molar-refractivity contribution in [2.24, 2.45) is 0 Å². The highest BCUT2D eigenvalue weighted by atomic mass is 19.1. The van der Waals surface area contributed by atoms with Crippen LogP contribution in [0.25, 0.3) is 0 Å². The molecule has 0 saturated heterocycles. The first-order chi connectivity index (χ1) is 8.63. The lowest BCUT2D eigenvalue weighted by molar-refractivity contribution is 0.0982. The van der Waals surface area contributed by atoms with Crippen LogP contribution in [-0.2, 0) is 0 Å². The van der Waals surface area contributed by atoms with Gasteiger partial charge in [0, 0.05) is 0 Å². The van der Waals surface area contributed by atoms with Crippen molar-refractivity contribution in [3.8, 4) is 11.5 Å². The van der Waals surface area contributed by atoms with Crippen LogP contribution >= 0.6 is 0 Å². The highest BCUT2D eigenvalue weighted by molar-refractivity contribution is 6.01. The molecule has 0 aliphatic carbocycles. The fraction of sp³-hybridized carbons (Fsp3) is 0.462. The number of carbonyl (C=O) groups excluding carboxylic acids is 1. The van der Waals surface area contributed by atoms with E-state index in [2.05, 4.69) is 5.32 Å². The van der Waals surface area contributed by atoms with Crippen LogP contribution in [0.3, 0.4) is 0 Å². The molecule has 0 radical (unpaired) electrons. The van der Waals surface area contributed by atoms with Crippen molar-refractivity contribution in [3.63, 3.8) is 0 Å². The van der Waals surface area contributed by atoms with E-state index in [1.165, 1.54) is 13.0 Å². The number of ketones is 1. The number of benzene rings is 1. The number of rotatable bonds is 4. The number of likely N-dealkylation sites (N-methyl/N-ethyl adjacent to an activating group) is 1. The van der Waals surface area contributed by atoms with Crippen LogP contribution in [0.1, 0.15) is 29.0 Å². The minimum absolute atomic E-state index is 0.137. The number of halogens is 1. The SMILES string of the molecule is CNCC(=O)c1cc(C(C)F)cc2c1OCCO2. The third-order valence-corrected chi connectivity index (χ3v) is 2.76. The Kier molecular flexibility index (Phi) is 3.81. The van der Waals surface area contributed by atoms with Gasteiger partial charge < -0.3 is 14.8 Å². The van der Waals surface area contributed by atoms with E-state index in [0.29, 0.717) is 35.8 Å². The highest BCUT2D eigenvalue weighted by Gasteiger charge is 2.23. The second-order valence-electron chi connectivity index (χ2n) is 4.16. The molecule has 1 aliphatic heterocycles. The van der Waals surface area contributed by atoms with Gasteiger partial charge in [-0.25, -0.2) is 4.39 Å². The lowest BCUT2D eigenvalue weighted by atomic mass is 10.0. The first kappa shape index (κ1) is 12.8. The molecule has 1 aromatic rings. The average Bonchev–Trinajstić information content (AvgIpc) is 2.37. The monoisotopic (exact) mass is 253 g/mol. The van der Waals surface area contributed by atoms with Gasteiger partial charge in [-0.3, -0.25) is 4.79 Å². The van der Waals surface area contributed by atoms with Crippen LogP contribution in [0.4, 0.5) is 4.39 Å². The number of carbonyl (C=O) groups is 1. The molecule has 1 heterocycles. The smallest absolute Gasteiger partial charge is 0.180 e. The maximum Gasteiger partial charge on any atom is 0.180 e. The molecule has 0 amide bonds. The molecule has 0 fully saturated rings. The highest BCUT2D eigenvalue weighted by Crippen LogP contribution is 2.37. The summed E-state index contributed by atoms with van der Waals surface area (Å²) in [6.07, 6.45) is -1.15. The predicted octanol–water partition coefficient (Wildman–Crippen LogP) is 1.89. The van der Waals surface area contributed by atoms with Gasteiger partial charge in [-0.05, 0) is 31.7 Å². The van der Waals surface area contributed by atoms with Crippen molar-refractivity contribution < 1.29 is 18.7 Å². The first-order valence-corrected chi connectivity index (χ1v) is 5.89. The quantitative estimate of drug-likeness (QED) is 0.832. The summed E-state index contributed by atoms with van der Waals surface area (Å²) in [5, 5.41) is 2.78. The van der Waals surface area contributed by atoms with Crippen molar-refractivity contribution in [1.29, 1.82) is 0 Å². The van der Waals surface area contributed by atoms with E-state index in [-0.39, 0.29) is 12.3 Å². The first-order valence-electron chi connectivity index (χ1n) is 5.89. The fourth-order valence-corrected chi connectivity index (χ4v) is 1.87. The van der Waals surface area contributed by atoms with Gasteiger partial charge in [0.05, 0.1) is 12.1 Å². The Labute approximate surface area is 105 Å². The molecular formula is C13H16FNO3. The standard InChI is InChI=1S/C13H16FNO3/c1-8(14)9-5-10(11(16)7-15-2)13-12(6-9)17-3-4-18-13/h5-6,8,15H,3-4,7H2,1-2H3. The minimum Gasteiger partial charge on any atom is -0.486 e. The molecule has 1 unspecified atom stereocenters. The molecule has 5 heteroatoms. The van der Waals surface area contributed by atoms with Crippen LogP contribution in [0.5, 0.6) is 11.5 Å². The maximum absolute atomic E-state index is 13.4. The third-order valence-electron chi connectivity index (χ3n) is 2.76. The average molecular weight is 253 g/mol. The predicted molar refractivity (Wildman–Crippen MR) is 65.2 cm³/mol. The van der Waals surface area contributed by atoms with E-state index in [1.807, 2.05) is 0 Å². The molecule has 98 valence electrons. The number of hydrogen-bond acceptors (Lipinski definition) is 4. The number of hydrogen-bond donors (Lipinski definition) is 1. The van der Waals surface area contributed by atoms with Gasteiger partial charge in [0.2, 0.25) is 0 Å². The van der Waals surface area contributed by atoms with Gasteiger partial charge in [0.25, 0.3) is 0 Å². The van der Waals surface area contributed by atoms with E-state index in [0.717, 1.165) is 0 Å². The number of Topliss-reactive ketones (excluding diaryl/α,β-unsaturated/α-hetero) is 1. The molecule has 0 aromatic heterocycles. The maximum atomic E-state index is 13.4. The Bertz CT molecular complexity index is 460. The summed E-state index contributed by atoms with van der Waals surface area (Å²) in [5.41, 5.74) is 0.805. The van der Waals surface area contributed by atoms with Gasteiger partial charge in [-0.15, -0.1) is 0 Å². The summed E-state index contributed by atoms with van der Waals surface area (Å²) in [6.45, 7) is 2.42. The summed E-state index contributed by atoms with van der Waals surface area (Å²) in [4.78, 5) is 12.0. The zero-order chi connectivity index (χ0) is 13.1. The largest absolute Gasteiger partial charge is 0.486 e. The van der Waals surface area contributed by atoms with E-state index in [4.69, 9.17) is 9.47 Å². The summed E-state index contributed by atoms with van der Waals surface area (Å²) >= 11 is 0. The Hall–Kier alpha value is -1.62. The number of nitrogens with one attached hydrogen (secondary N) is 1. The second-order valence-corrected chi connectivity index (χ2v) is 4.16. The van der Waals surface area contributed by atoms with Crippen LogP contribution in [-0.4, -0.2) is 32.6 Å². The van der Waals surface area contributed by atoms with Crippen LogP contribution in [0.15, 0.2) is 12.1 Å². The van der Waals surface area contributed by atoms with E-state index >= 15 is 0 Å². The lowest BCUT2D eigenvalue weighted by Gasteiger charge is -2.22. The molecule has 1 aliphatic rings. The van der Waals surface area contributed by atoms with Gasteiger partial charge >= 0.3 is 0 Å². The molecule has 1 atom stereocenters. The Morgan fingerprint density at radius 2 is 2.17 bits per heavy atom. The number of ether oxygens (including phenoxy) is 2. The Balaban J connectivity index is 2.47.